The topological polar surface area (TPSA) is 58.6 Å². The fourth-order valence-electron chi connectivity index (χ4n) is 2.56. The summed E-state index contributed by atoms with van der Waals surface area (Å²) in [6, 6.07) is 5.42. The molecular formula is C15H20ClNO3. The predicted molar refractivity (Wildman–Crippen MR) is 78.1 cm³/mol. The number of rotatable bonds is 4. The SMILES string of the molecule is COc1ccc(Cl)cc1CC(=O)NC1CCC(O)CC1. The zero-order chi connectivity index (χ0) is 14.5. The number of carbonyl (C=O) groups is 1. The first kappa shape index (κ1) is 15.1. The van der Waals surface area contributed by atoms with Gasteiger partial charge in [-0.25, -0.2) is 0 Å². The molecule has 0 unspecified atom stereocenters. The molecule has 1 fully saturated rings. The van der Waals surface area contributed by atoms with Crippen LogP contribution in [0.3, 0.4) is 0 Å². The van der Waals surface area contributed by atoms with Crippen LogP contribution in [0.15, 0.2) is 18.2 Å². The Morgan fingerprint density at radius 3 is 2.75 bits per heavy atom. The van der Waals surface area contributed by atoms with Crippen molar-refractivity contribution in [3.05, 3.63) is 28.8 Å². The van der Waals surface area contributed by atoms with E-state index in [1.54, 1.807) is 25.3 Å². The van der Waals surface area contributed by atoms with Crippen LogP contribution in [-0.2, 0) is 11.2 Å². The lowest BCUT2D eigenvalue weighted by molar-refractivity contribution is -0.121. The van der Waals surface area contributed by atoms with Gasteiger partial charge in [-0.05, 0) is 43.9 Å². The Hall–Kier alpha value is -1.26. The summed E-state index contributed by atoms with van der Waals surface area (Å²) in [5, 5.41) is 13.1. The minimum Gasteiger partial charge on any atom is -0.496 e. The van der Waals surface area contributed by atoms with E-state index in [2.05, 4.69) is 5.32 Å². The molecule has 1 aliphatic carbocycles. The van der Waals surface area contributed by atoms with E-state index in [-0.39, 0.29) is 24.5 Å². The number of carbonyl (C=O) groups excluding carboxylic acids is 1. The van der Waals surface area contributed by atoms with Crippen LogP contribution in [0, 0.1) is 0 Å². The third-order valence-electron chi connectivity index (χ3n) is 3.66. The predicted octanol–water partition coefficient (Wildman–Crippen LogP) is 2.31. The Labute approximate surface area is 124 Å². The van der Waals surface area contributed by atoms with Crippen LogP contribution in [-0.4, -0.2) is 30.3 Å². The van der Waals surface area contributed by atoms with Crippen molar-refractivity contribution in [1.82, 2.24) is 5.32 Å². The molecule has 0 radical (unpaired) electrons. The van der Waals surface area contributed by atoms with Crippen LogP contribution in [0.1, 0.15) is 31.2 Å². The van der Waals surface area contributed by atoms with E-state index in [4.69, 9.17) is 16.3 Å². The number of methoxy groups -OCH3 is 1. The standard InChI is InChI=1S/C15H20ClNO3/c1-20-14-7-2-11(16)8-10(14)9-15(19)17-12-3-5-13(18)6-4-12/h2,7-8,12-13,18H,3-6,9H2,1H3,(H,17,19). The fraction of sp³-hybridized carbons (Fsp3) is 0.533. The van der Waals surface area contributed by atoms with Gasteiger partial charge in [-0.2, -0.15) is 0 Å². The van der Waals surface area contributed by atoms with E-state index in [9.17, 15) is 9.90 Å². The monoisotopic (exact) mass is 297 g/mol. The first-order valence-electron chi connectivity index (χ1n) is 6.88. The number of hydrogen-bond acceptors (Lipinski definition) is 3. The third kappa shape index (κ3) is 4.12. The highest BCUT2D eigenvalue weighted by molar-refractivity contribution is 6.30. The normalized spacial score (nSPS) is 22.4. The second-order valence-electron chi connectivity index (χ2n) is 5.21. The molecule has 5 heteroatoms. The number of ether oxygens (including phenoxy) is 1. The molecule has 1 saturated carbocycles. The molecule has 4 nitrogen and oxygen atoms in total. The van der Waals surface area contributed by atoms with Gasteiger partial charge in [0.1, 0.15) is 5.75 Å². The number of aliphatic hydroxyl groups excluding tert-OH is 1. The maximum absolute atomic E-state index is 12.1. The summed E-state index contributed by atoms with van der Waals surface area (Å²) in [4.78, 5) is 12.1. The molecule has 1 amide bonds. The van der Waals surface area contributed by atoms with E-state index in [0.717, 1.165) is 31.2 Å². The molecule has 1 aromatic rings. The summed E-state index contributed by atoms with van der Waals surface area (Å²) in [5.41, 5.74) is 0.786. The lowest BCUT2D eigenvalue weighted by Crippen LogP contribution is -2.39. The molecular weight excluding hydrogens is 278 g/mol. The average molecular weight is 298 g/mol. The number of benzene rings is 1. The van der Waals surface area contributed by atoms with Gasteiger partial charge in [-0.3, -0.25) is 4.79 Å². The van der Waals surface area contributed by atoms with Crippen molar-refractivity contribution >= 4 is 17.5 Å². The summed E-state index contributed by atoms with van der Waals surface area (Å²) in [6.07, 6.45) is 3.22. The zero-order valence-electron chi connectivity index (χ0n) is 11.6. The molecule has 0 spiro atoms. The summed E-state index contributed by atoms with van der Waals surface area (Å²) < 4.78 is 5.23. The Bertz CT molecular complexity index is 470. The van der Waals surface area contributed by atoms with E-state index in [0.29, 0.717) is 10.8 Å². The highest BCUT2D eigenvalue weighted by Crippen LogP contribution is 2.23. The Morgan fingerprint density at radius 1 is 1.40 bits per heavy atom. The van der Waals surface area contributed by atoms with Gasteiger partial charge in [0, 0.05) is 16.6 Å². The highest BCUT2D eigenvalue weighted by Gasteiger charge is 2.21. The first-order valence-corrected chi connectivity index (χ1v) is 7.26. The number of hydrogen-bond donors (Lipinski definition) is 2. The molecule has 110 valence electrons. The van der Waals surface area contributed by atoms with Crippen molar-refractivity contribution in [2.75, 3.05) is 7.11 Å². The number of amides is 1. The maximum atomic E-state index is 12.1. The quantitative estimate of drug-likeness (QED) is 0.896. The van der Waals surface area contributed by atoms with Gasteiger partial charge >= 0.3 is 0 Å². The number of aliphatic hydroxyl groups is 1. The van der Waals surface area contributed by atoms with Gasteiger partial charge < -0.3 is 15.2 Å². The smallest absolute Gasteiger partial charge is 0.224 e. The van der Waals surface area contributed by atoms with Gasteiger partial charge in [-0.15, -0.1) is 0 Å². The molecule has 0 bridgehead atoms. The lowest BCUT2D eigenvalue weighted by atomic mass is 9.93. The minimum absolute atomic E-state index is 0.0352. The van der Waals surface area contributed by atoms with Gasteiger partial charge in [0.25, 0.3) is 0 Å². The lowest BCUT2D eigenvalue weighted by Gasteiger charge is -2.26. The van der Waals surface area contributed by atoms with Crippen LogP contribution in [0.2, 0.25) is 5.02 Å². The Kier molecular flexibility index (Phi) is 5.26. The summed E-state index contributed by atoms with van der Waals surface area (Å²) in [5.74, 6) is 0.635. The summed E-state index contributed by atoms with van der Waals surface area (Å²) in [7, 11) is 1.58. The van der Waals surface area contributed by atoms with Crippen molar-refractivity contribution in [2.45, 2.75) is 44.2 Å². The van der Waals surface area contributed by atoms with Crippen molar-refractivity contribution in [3.8, 4) is 5.75 Å². The second kappa shape index (κ2) is 6.95. The molecule has 2 rings (SSSR count). The van der Waals surface area contributed by atoms with Crippen LogP contribution in [0.5, 0.6) is 5.75 Å². The molecule has 0 atom stereocenters. The molecule has 20 heavy (non-hydrogen) atoms. The molecule has 0 saturated heterocycles. The zero-order valence-corrected chi connectivity index (χ0v) is 12.3. The molecule has 0 heterocycles. The second-order valence-corrected chi connectivity index (χ2v) is 5.64. The fourth-order valence-corrected chi connectivity index (χ4v) is 2.75. The average Bonchev–Trinajstić information content (AvgIpc) is 2.41. The Morgan fingerprint density at radius 2 is 2.10 bits per heavy atom. The van der Waals surface area contributed by atoms with Gasteiger partial charge in [0.15, 0.2) is 0 Å². The molecule has 1 aliphatic rings. The van der Waals surface area contributed by atoms with Gasteiger partial charge in [-0.1, -0.05) is 11.6 Å². The van der Waals surface area contributed by atoms with Gasteiger partial charge in [0.2, 0.25) is 5.91 Å². The van der Waals surface area contributed by atoms with E-state index < -0.39 is 0 Å². The van der Waals surface area contributed by atoms with Crippen LogP contribution in [0.25, 0.3) is 0 Å². The minimum atomic E-state index is -0.212. The molecule has 0 aliphatic heterocycles. The Balaban J connectivity index is 1.92. The largest absolute Gasteiger partial charge is 0.496 e. The molecule has 1 aromatic carbocycles. The van der Waals surface area contributed by atoms with Crippen molar-refractivity contribution < 1.29 is 14.6 Å². The third-order valence-corrected chi connectivity index (χ3v) is 3.89. The first-order chi connectivity index (χ1) is 9.58. The van der Waals surface area contributed by atoms with E-state index in [1.165, 1.54) is 0 Å². The highest BCUT2D eigenvalue weighted by atomic mass is 35.5. The molecule has 0 aromatic heterocycles. The summed E-state index contributed by atoms with van der Waals surface area (Å²) >= 11 is 5.95. The summed E-state index contributed by atoms with van der Waals surface area (Å²) in [6.45, 7) is 0. The van der Waals surface area contributed by atoms with Crippen LogP contribution in [0.4, 0.5) is 0 Å². The number of halogens is 1. The van der Waals surface area contributed by atoms with Crippen molar-refractivity contribution in [2.24, 2.45) is 0 Å². The number of nitrogens with one attached hydrogen (secondary N) is 1. The van der Waals surface area contributed by atoms with Crippen LogP contribution < -0.4 is 10.1 Å². The maximum Gasteiger partial charge on any atom is 0.224 e. The molecule has 2 N–H and O–H groups in total. The van der Waals surface area contributed by atoms with Gasteiger partial charge in [0.05, 0.1) is 19.6 Å². The van der Waals surface area contributed by atoms with Crippen molar-refractivity contribution in [1.29, 1.82) is 0 Å². The van der Waals surface area contributed by atoms with E-state index >= 15 is 0 Å². The van der Waals surface area contributed by atoms with Crippen LogP contribution >= 0.6 is 11.6 Å². The van der Waals surface area contributed by atoms with E-state index in [1.807, 2.05) is 0 Å². The van der Waals surface area contributed by atoms with Crippen molar-refractivity contribution in [3.63, 3.8) is 0 Å².